The third kappa shape index (κ3) is 7.51. The van der Waals surface area contributed by atoms with Gasteiger partial charge in [0, 0.05) is 29.0 Å². The number of nitrogens with one attached hydrogen (secondary N) is 2. The van der Waals surface area contributed by atoms with Gasteiger partial charge in [0.15, 0.2) is 18.5 Å². The van der Waals surface area contributed by atoms with Crippen molar-refractivity contribution in [2.75, 3.05) is 6.61 Å². The van der Waals surface area contributed by atoms with Crippen molar-refractivity contribution in [2.45, 2.75) is 20.8 Å². The molecule has 0 fully saturated rings. The predicted octanol–water partition coefficient (Wildman–Crippen LogP) is 4.66. The highest BCUT2D eigenvalue weighted by Crippen LogP contribution is 2.24. The highest BCUT2D eigenvalue weighted by atomic mass is 35.5. The Bertz CT molecular complexity index is 1990. The molecule has 3 aromatic heterocycles. The quantitative estimate of drug-likeness (QED) is 0.250. The van der Waals surface area contributed by atoms with Gasteiger partial charge in [0.2, 0.25) is 0 Å². The zero-order valence-electron chi connectivity index (χ0n) is 24.9. The van der Waals surface area contributed by atoms with E-state index in [1.807, 2.05) is 68.5 Å². The number of rotatable bonds is 4. The molecule has 9 heteroatoms. The van der Waals surface area contributed by atoms with E-state index in [0.29, 0.717) is 5.75 Å². The lowest BCUT2D eigenvalue weighted by Gasteiger charge is -2.07. The lowest BCUT2D eigenvalue weighted by Crippen LogP contribution is -3.00. The number of nitrogens with zero attached hydrogens (tertiary/aromatic N) is 3. The van der Waals surface area contributed by atoms with Crippen LogP contribution in [0.1, 0.15) is 49.1 Å². The van der Waals surface area contributed by atoms with E-state index < -0.39 is 5.97 Å². The number of aromatic nitrogens is 4. The molecule has 8 bridgehead atoms. The van der Waals surface area contributed by atoms with Crippen molar-refractivity contribution in [3.63, 3.8) is 0 Å². The summed E-state index contributed by atoms with van der Waals surface area (Å²) in [5.74, 6) is -0.461. The monoisotopic (exact) mass is 615 g/mol. The number of hydrogen-bond acceptors (Lipinski definition) is 5. The number of carboxylic acids is 1. The van der Waals surface area contributed by atoms with E-state index in [-0.39, 0.29) is 19.0 Å². The Hall–Kier alpha value is -5.56. The van der Waals surface area contributed by atoms with E-state index in [1.54, 1.807) is 12.1 Å². The van der Waals surface area contributed by atoms with Crippen molar-refractivity contribution in [1.82, 2.24) is 19.9 Å². The van der Waals surface area contributed by atoms with Crippen LogP contribution in [0.5, 0.6) is 5.75 Å². The maximum Gasteiger partial charge on any atom is 0.341 e. The van der Waals surface area contributed by atoms with E-state index in [9.17, 15) is 4.79 Å². The van der Waals surface area contributed by atoms with Gasteiger partial charge in [0.1, 0.15) is 11.3 Å². The zero-order chi connectivity index (χ0) is 30.6. The molecule has 3 aliphatic heterocycles. The van der Waals surface area contributed by atoms with Gasteiger partial charge in [-0.15, -0.1) is 0 Å². The maximum atomic E-state index is 10.4. The summed E-state index contributed by atoms with van der Waals surface area (Å²) >= 11 is 0. The number of halogens is 1. The van der Waals surface area contributed by atoms with Gasteiger partial charge >= 0.3 is 5.97 Å². The molecule has 0 atom stereocenters. The summed E-state index contributed by atoms with van der Waals surface area (Å²) in [6.07, 6.45) is 11.1. The lowest BCUT2D eigenvalue weighted by atomic mass is 9.94. The van der Waals surface area contributed by atoms with Crippen LogP contribution < -0.4 is 17.1 Å². The second-order valence-corrected chi connectivity index (χ2v) is 10.6. The summed E-state index contributed by atoms with van der Waals surface area (Å²) in [5, 5.41) is 8.56. The van der Waals surface area contributed by atoms with E-state index in [2.05, 4.69) is 68.4 Å². The van der Waals surface area contributed by atoms with Gasteiger partial charge < -0.3 is 32.2 Å². The van der Waals surface area contributed by atoms with Gasteiger partial charge in [0.05, 0.1) is 39.5 Å². The van der Waals surface area contributed by atoms with Crippen molar-refractivity contribution in [3.05, 3.63) is 124 Å². The Morgan fingerprint density at radius 1 is 0.711 bits per heavy atom. The van der Waals surface area contributed by atoms with Crippen molar-refractivity contribution in [1.29, 1.82) is 0 Å². The van der Waals surface area contributed by atoms with Crippen molar-refractivity contribution in [3.8, 4) is 5.75 Å². The number of carbonyl (C=O) groups is 1. The fourth-order valence-corrected chi connectivity index (χ4v) is 4.85. The van der Waals surface area contributed by atoms with Crippen LogP contribution in [0.4, 0.5) is 0 Å². The molecule has 45 heavy (non-hydrogen) atoms. The fourth-order valence-electron chi connectivity index (χ4n) is 4.85. The van der Waals surface area contributed by atoms with Gasteiger partial charge in [-0.05, 0) is 111 Å². The molecule has 0 spiro atoms. The first kappa shape index (κ1) is 30.9. The van der Waals surface area contributed by atoms with E-state index in [0.717, 1.165) is 67.3 Å². The third-order valence-corrected chi connectivity index (χ3v) is 7.35. The van der Waals surface area contributed by atoms with Crippen LogP contribution >= 0.6 is 0 Å². The molecule has 6 heterocycles. The van der Waals surface area contributed by atoms with Gasteiger partial charge in [-0.25, -0.2) is 14.8 Å². The second kappa shape index (κ2) is 13.4. The SMILES string of the molecule is C1=Cc2cc3ccc(cc4ccc(cc5nc(cc1n2)C=C5)[nH]4)[nH]3.CC1=[C+]N=C(c2ccc(OCC(=O)O)cc2)C(C)=C1C.[Cl-]. The maximum absolute atomic E-state index is 10.4. The number of hydrogen-bond donors (Lipinski definition) is 3. The number of ether oxygens (including phenoxy) is 1. The second-order valence-electron chi connectivity index (χ2n) is 10.6. The molecular formula is C36H30ClN5O3. The number of allylic oxidation sites excluding steroid dienone is 3. The molecule has 8 nitrogen and oxygen atoms in total. The Morgan fingerprint density at radius 2 is 1.20 bits per heavy atom. The van der Waals surface area contributed by atoms with Gasteiger partial charge in [-0.3, -0.25) is 0 Å². The molecule has 7 rings (SSSR count). The largest absolute Gasteiger partial charge is 1.00 e. The molecule has 4 aromatic rings. The molecule has 0 radical (unpaired) electrons. The molecule has 0 aliphatic carbocycles. The predicted molar refractivity (Wildman–Crippen MR) is 176 cm³/mol. The Morgan fingerprint density at radius 3 is 1.71 bits per heavy atom. The first-order chi connectivity index (χ1) is 21.3. The number of aromatic amines is 2. The Kier molecular flexibility index (Phi) is 9.19. The highest BCUT2D eigenvalue weighted by Gasteiger charge is 2.23. The lowest BCUT2D eigenvalue weighted by molar-refractivity contribution is -0.139. The summed E-state index contributed by atoms with van der Waals surface area (Å²) in [5.41, 5.74) is 13.1. The normalized spacial score (nSPS) is 13.1. The van der Waals surface area contributed by atoms with E-state index >= 15 is 0 Å². The highest BCUT2D eigenvalue weighted by molar-refractivity contribution is 6.13. The van der Waals surface area contributed by atoms with Gasteiger partial charge in [-0.1, -0.05) is 4.99 Å². The summed E-state index contributed by atoms with van der Waals surface area (Å²) in [6, 6.07) is 23.6. The molecular weight excluding hydrogens is 586 g/mol. The fraction of sp³-hybridized carbons (Fsp3) is 0.111. The van der Waals surface area contributed by atoms with Crippen LogP contribution in [0.15, 0.2) is 94.5 Å². The smallest absolute Gasteiger partial charge is 0.341 e. The zero-order valence-corrected chi connectivity index (χ0v) is 25.7. The average molecular weight is 616 g/mol. The Balaban J connectivity index is 0.000000177. The number of aliphatic carboxylic acids is 1. The summed E-state index contributed by atoms with van der Waals surface area (Å²) in [7, 11) is 0. The molecule has 0 saturated carbocycles. The minimum Gasteiger partial charge on any atom is -1.00 e. The number of aliphatic imine (C=N–C) groups is 1. The number of carboxylic acid groups (broad SMARTS) is 1. The topological polar surface area (TPSA) is 116 Å². The van der Waals surface area contributed by atoms with E-state index in [1.165, 1.54) is 5.57 Å². The molecule has 0 unspecified atom stereocenters. The van der Waals surface area contributed by atoms with Gasteiger partial charge in [-0.2, -0.15) is 0 Å². The van der Waals surface area contributed by atoms with Crippen molar-refractivity contribution < 1.29 is 27.0 Å². The van der Waals surface area contributed by atoms with Crippen molar-refractivity contribution in [2.24, 2.45) is 4.99 Å². The first-order valence-corrected chi connectivity index (χ1v) is 14.1. The van der Waals surface area contributed by atoms with Crippen LogP contribution in [0.2, 0.25) is 0 Å². The molecule has 3 aliphatic rings. The summed E-state index contributed by atoms with van der Waals surface area (Å²) in [4.78, 5) is 30.8. The van der Waals surface area contributed by atoms with Crippen LogP contribution in [0.3, 0.4) is 0 Å². The number of fused-ring (bicyclic) bond motifs is 8. The molecule has 3 N–H and O–H groups in total. The molecule has 1 aromatic carbocycles. The standard InChI is InChI=1S/C20H14N4.C16H15NO3.ClH/c1-2-14-10-16-5-6-18(23-16)12-20-8-7-19(24-20)11-17-4-3-15(22-17)9-13(1)21-14;1-10-8-17-16(12(3)11(10)2)13-4-6-14(7-5-13)20-9-15(18)19;/h1-12,21-22H;4-7H,9H2,1-3H3;1H. The van der Waals surface area contributed by atoms with Crippen LogP contribution in [-0.4, -0.2) is 43.3 Å². The summed E-state index contributed by atoms with van der Waals surface area (Å²) < 4.78 is 5.10. The van der Waals surface area contributed by atoms with E-state index in [4.69, 9.17) is 9.84 Å². The summed E-state index contributed by atoms with van der Waals surface area (Å²) in [6.45, 7) is 5.74. The molecule has 224 valence electrons. The van der Waals surface area contributed by atoms with Crippen LogP contribution in [-0.2, 0) is 4.79 Å². The molecule has 0 amide bonds. The minimum atomic E-state index is -0.990. The number of H-pyrrole nitrogens is 2. The van der Waals surface area contributed by atoms with Crippen LogP contribution in [0.25, 0.3) is 46.4 Å². The average Bonchev–Trinajstić information content (AvgIpc) is 3.82. The third-order valence-electron chi connectivity index (χ3n) is 7.35. The first-order valence-electron chi connectivity index (χ1n) is 14.1. The van der Waals surface area contributed by atoms with Crippen molar-refractivity contribution >= 4 is 58.1 Å². The minimum absolute atomic E-state index is 0. The van der Waals surface area contributed by atoms with Gasteiger partial charge in [0.25, 0.3) is 0 Å². The van der Waals surface area contributed by atoms with Crippen LogP contribution in [0, 0.1) is 6.20 Å². The number of benzene rings is 1. The Labute approximate surface area is 266 Å². The molecule has 0 saturated heterocycles.